The van der Waals surface area contributed by atoms with Gasteiger partial charge in [-0.2, -0.15) is 0 Å². The number of nitrogen functional groups attached to an aromatic ring is 2. The molecule has 0 aliphatic heterocycles. The summed E-state index contributed by atoms with van der Waals surface area (Å²) in [4.78, 5) is 33.6. The minimum absolute atomic E-state index is 0.0549. The molecule has 0 radical (unpaired) electrons. The van der Waals surface area contributed by atoms with Crippen molar-refractivity contribution in [3.8, 4) is 0 Å². The zero-order valence-electron chi connectivity index (χ0n) is 10.5. The Hall–Kier alpha value is -3.29. The second-order valence-electron chi connectivity index (χ2n) is 4.29. The third kappa shape index (κ3) is 2.18. The second kappa shape index (κ2) is 4.67. The lowest BCUT2D eigenvalue weighted by Crippen LogP contribution is -2.13. The van der Waals surface area contributed by atoms with Crippen LogP contribution in [0.15, 0.2) is 18.2 Å². The molecule has 108 valence electrons. The van der Waals surface area contributed by atoms with Gasteiger partial charge in [0.2, 0.25) is 0 Å². The number of fused-ring (bicyclic) bond motifs is 1. The van der Waals surface area contributed by atoms with E-state index >= 15 is 0 Å². The Morgan fingerprint density at radius 3 is 1.76 bits per heavy atom. The summed E-state index contributed by atoms with van der Waals surface area (Å²) in [6.45, 7) is 0. The molecule has 2 aromatic carbocycles. The average Bonchev–Trinajstić information content (AvgIpc) is 2.35. The highest BCUT2D eigenvalue weighted by molar-refractivity contribution is 6.16. The van der Waals surface area contributed by atoms with Gasteiger partial charge in [-0.15, -0.1) is 0 Å². The predicted molar refractivity (Wildman–Crippen MR) is 73.7 cm³/mol. The van der Waals surface area contributed by atoms with Gasteiger partial charge in [-0.3, -0.25) is 0 Å². The van der Waals surface area contributed by atoms with E-state index in [0.29, 0.717) is 0 Å². The molecule has 7 N–H and O–H groups in total. The van der Waals surface area contributed by atoms with Crippen LogP contribution in [0.4, 0.5) is 11.4 Å². The number of carboxylic acid groups (broad SMARTS) is 3. The van der Waals surface area contributed by atoms with E-state index in [1.54, 1.807) is 0 Å². The maximum atomic E-state index is 11.4. The Kier molecular flexibility index (Phi) is 3.14. The van der Waals surface area contributed by atoms with Crippen molar-refractivity contribution in [1.82, 2.24) is 0 Å². The van der Waals surface area contributed by atoms with Gasteiger partial charge in [-0.25, -0.2) is 14.4 Å². The fourth-order valence-electron chi connectivity index (χ4n) is 2.13. The van der Waals surface area contributed by atoms with Crippen LogP contribution in [0.1, 0.15) is 31.1 Å². The van der Waals surface area contributed by atoms with E-state index in [4.69, 9.17) is 21.7 Å². The lowest BCUT2D eigenvalue weighted by molar-refractivity contribution is 0.0654. The molecule has 0 aromatic heterocycles. The Morgan fingerprint density at radius 1 is 0.762 bits per heavy atom. The van der Waals surface area contributed by atoms with Crippen molar-refractivity contribution >= 4 is 40.1 Å². The molecule has 2 rings (SSSR count). The van der Waals surface area contributed by atoms with Crippen molar-refractivity contribution in [3.05, 3.63) is 34.9 Å². The van der Waals surface area contributed by atoms with Gasteiger partial charge in [-0.1, -0.05) is 0 Å². The van der Waals surface area contributed by atoms with Crippen LogP contribution in [-0.2, 0) is 0 Å². The fraction of sp³-hybridized carbons (Fsp3) is 0. The number of rotatable bonds is 3. The van der Waals surface area contributed by atoms with Crippen molar-refractivity contribution in [2.24, 2.45) is 0 Å². The van der Waals surface area contributed by atoms with Gasteiger partial charge >= 0.3 is 17.9 Å². The highest BCUT2D eigenvalue weighted by Crippen LogP contribution is 2.31. The van der Waals surface area contributed by atoms with E-state index in [1.165, 1.54) is 12.1 Å². The first-order chi connectivity index (χ1) is 9.73. The third-order valence-corrected chi connectivity index (χ3v) is 3.00. The number of hydrogen-bond donors (Lipinski definition) is 5. The highest BCUT2D eigenvalue weighted by atomic mass is 16.4. The summed E-state index contributed by atoms with van der Waals surface area (Å²) in [6, 6.07) is 3.52. The van der Waals surface area contributed by atoms with Gasteiger partial charge in [0.1, 0.15) is 0 Å². The summed E-state index contributed by atoms with van der Waals surface area (Å²) in [7, 11) is 0. The predicted octanol–water partition coefficient (Wildman–Crippen LogP) is 1.10. The molecule has 0 unspecified atom stereocenters. The molecule has 2 aromatic rings. The Labute approximate surface area is 117 Å². The molecule has 8 heteroatoms. The zero-order valence-corrected chi connectivity index (χ0v) is 10.5. The molecular formula is C13H10N2O6. The minimum Gasteiger partial charge on any atom is -0.478 e. The third-order valence-electron chi connectivity index (χ3n) is 3.00. The Bertz CT molecular complexity index is 807. The minimum atomic E-state index is -1.52. The van der Waals surface area contributed by atoms with Crippen molar-refractivity contribution in [2.45, 2.75) is 0 Å². The molecule has 8 nitrogen and oxygen atoms in total. The van der Waals surface area contributed by atoms with E-state index < -0.39 is 29.0 Å². The van der Waals surface area contributed by atoms with Crippen LogP contribution in [0, 0.1) is 0 Å². The largest absolute Gasteiger partial charge is 0.478 e. The van der Waals surface area contributed by atoms with Crippen molar-refractivity contribution in [3.63, 3.8) is 0 Å². The summed E-state index contributed by atoms with van der Waals surface area (Å²) in [5.74, 6) is -4.38. The van der Waals surface area contributed by atoms with Crippen molar-refractivity contribution < 1.29 is 29.7 Å². The lowest BCUT2D eigenvalue weighted by atomic mass is 9.95. The van der Waals surface area contributed by atoms with Crippen LogP contribution in [-0.4, -0.2) is 33.2 Å². The first-order valence-corrected chi connectivity index (χ1v) is 5.59. The number of aromatic carboxylic acids is 3. The highest BCUT2D eigenvalue weighted by Gasteiger charge is 2.24. The summed E-state index contributed by atoms with van der Waals surface area (Å²) < 4.78 is 0. The molecule has 0 bridgehead atoms. The van der Waals surface area contributed by atoms with Crippen molar-refractivity contribution in [2.75, 3.05) is 11.5 Å². The van der Waals surface area contributed by atoms with Crippen LogP contribution in [0.5, 0.6) is 0 Å². The van der Waals surface area contributed by atoms with Gasteiger partial charge in [0.25, 0.3) is 0 Å². The number of benzene rings is 2. The van der Waals surface area contributed by atoms with Crippen molar-refractivity contribution in [1.29, 1.82) is 0 Å². The standard InChI is InChI=1S/C13H10N2O6/c14-7-1-4-2-8(15)10(13(20)21)9(12(18)19)5(4)3-6(7)11(16)17/h1-3H,14-15H2,(H,16,17)(H,18,19)(H,20,21). The smallest absolute Gasteiger partial charge is 0.338 e. The van der Waals surface area contributed by atoms with Crippen LogP contribution in [0.3, 0.4) is 0 Å². The molecule has 0 saturated heterocycles. The fourth-order valence-corrected chi connectivity index (χ4v) is 2.13. The normalized spacial score (nSPS) is 10.5. The topological polar surface area (TPSA) is 164 Å². The van der Waals surface area contributed by atoms with Crippen LogP contribution in [0.25, 0.3) is 10.8 Å². The van der Waals surface area contributed by atoms with Gasteiger partial charge in [0.05, 0.1) is 16.7 Å². The van der Waals surface area contributed by atoms with E-state index in [-0.39, 0.29) is 27.7 Å². The molecule has 0 amide bonds. The number of carbonyl (C=O) groups is 3. The summed E-state index contributed by atoms with van der Waals surface area (Å²) in [5, 5.41) is 27.6. The van der Waals surface area contributed by atoms with E-state index in [9.17, 15) is 19.5 Å². The maximum Gasteiger partial charge on any atom is 0.338 e. The maximum absolute atomic E-state index is 11.4. The zero-order chi connectivity index (χ0) is 15.9. The number of carboxylic acids is 3. The molecule has 0 spiro atoms. The Morgan fingerprint density at radius 2 is 1.29 bits per heavy atom. The molecule has 21 heavy (non-hydrogen) atoms. The number of anilines is 2. The van der Waals surface area contributed by atoms with Gasteiger partial charge in [0, 0.05) is 11.4 Å². The first kappa shape index (κ1) is 14.1. The first-order valence-electron chi connectivity index (χ1n) is 5.59. The molecule has 0 saturated carbocycles. The molecule has 0 fully saturated rings. The van der Waals surface area contributed by atoms with Gasteiger partial charge in [0.15, 0.2) is 0 Å². The Balaban J connectivity index is 3.03. The molecule has 0 heterocycles. The van der Waals surface area contributed by atoms with Crippen LogP contribution >= 0.6 is 0 Å². The quantitative estimate of drug-likeness (QED) is 0.524. The van der Waals surface area contributed by atoms with Crippen LogP contribution in [0.2, 0.25) is 0 Å². The number of nitrogens with two attached hydrogens (primary N) is 2. The van der Waals surface area contributed by atoms with E-state index in [0.717, 1.165) is 6.07 Å². The molecule has 0 aliphatic carbocycles. The van der Waals surface area contributed by atoms with Gasteiger partial charge in [-0.05, 0) is 29.0 Å². The molecule has 0 atom stereocenters. The van der Waals surface area contributed by atoms with E-state index in [2.05, 4.69) is 0 Å². The summed E-state index contributed by atoms with van der Waals surface area (Å²) >= 11 is 0. The molecule has 0 aliphatic rings. The average molecular weight is 290 g/mol. The van der Waals surface area contributed by atoms with E-state index in [1.807, 2.05) is 0 Å². The summed E-state index contributed by atoms with van der Waals surface area (Å²) in [6.07, 6.45) is 0. The number of hydrogen-bond acceptors (Lipinski definition) is 5. The second-order valence-corrected chi connectivity index (χ2v) is 4.29. The lowest BCUT2D eigenvalue weighted by Gasteiger charge is -2.12. The summed E-state index contributed by atoms with van der Waals surface area (Å²) in [5.41, 5.74) is 9.36. The molecular weight excluding hydrogens is 280 g/mol. The SMILES string of the molecule is Nc1cc2cc(N)c(C(=O)O)c(C(=O)O)c2cc1C(=O)O. The van der Waals surface area contributed by atoms with Crippen LogP contribution < -0.4 is 11.5 Å². The van der Waals surface area contributed by atoms with Gasteiger partial charge < -0.3 is 26.8 Å². The monoisotopic (exact) mass is 290 g/mol.